The third-order valence-electron chi connectivity index (χ3n) is 1.90. The van der Waals surface area contributed by atoms with E-state index in [1.54, 1.807) is 18.2 Å². The summed E-state index contributed by atoms with van der Waals surface area (Å²) < 4.78 is 9.85. The van der Waals surface area contributed by atoms with E-state index in [0.717, 1.165) is 0 Å². The predicted octanol–water partition coefficient (Wildman–Crippen LogP) is 1.08. The Kier molecular flexibility index (Phi) is 5.18. The second kappa shape index (κ2) is 6.42. The lowest BCUT2D eigenvalue weighted by molar-refractivity contribution is -0.0974. The van der Waals surface area contributed by atoms with Gasteiger partial charge in [0.1, 0.15) is 10.8 Å². The van der Waals surface area contributed by atoms with Crippen molar-refractivity contribution in [2.75, 3.05) is 20.8 Å². The van der Waals surface area contributed by atoms with Gasteiger partial charge in [-0.2, -0.15) is 0 Å². The van der Waals surface area contributed by atoms with Crippen molar-refractivity contribution >= 4 is 17.5 Å². The molecule has 1 aromatic rings. The number of carbonyl (C=O) groups is 1. The minimum Gasteiger partial charge on any atom is -0.354 e. The lowest BCUT2D eigenvalue weighted by atomic mass is 10.3. The maximum Gasteiger partial charge on any atom is 0.270 e. The molecule has 0 aromatic carbocycles. The molecule has 0 aliphatic carbocycles. The Morgan fingerprint density at radius 3 is 2.75 bits per heavy atom. The SMILES string of the molecule is COC(CNC(=O)c1cccc(Cl)n1)OC. The summed E-state index contributed by atoms with van der Waals surface area (Å²) in [5.41, 5.74) is 0.262. The molecular formula is C10H13ClN2O3. The highest BCUT2D eigenvalue weighted by Crippen LogP contribution is 2.04. The molecule has 1 heterocycles. The van der Waals surface area contributed by atoms with Gasteiger partial charge < -0.3 is 14.8 Å². The number of rotatable bonds is 5. The topological polar surface area (TPSA) is 60.5 Å². The average Bonchev–Trinajstić information content (AvgIpc) is 2.30. The van der Waals surface area contributed by atoms with E-state index in [9.17, 15) is 4.79 Å². The molecule has 0 bridgehead atoms. The van der Waals surface area contributed by atoms with Crippen molar-refractivity contribution in [2.45, 2.75) is 6.29 Å². The summed E-state index contributed by atoms with van der Waals surface area (Å²) in [6, 6.07) is 4.84. The van der Waals surface area contributed by atoms with Gasteiger partial charge in [0.2, 0.25) is 0 Å². The molecule has 5 nitrogen and oxygen atoms in total. The normalized spacial score (nSPS) is 10.5. The molecule has 0 atom stereocenters. The third-order valence-corrected chi connectivity index (χ3v) is 2.11. The molecule has 1 N–H and O–H groups in total. The van der Waals surface area contributed by atoms with E-state index >= 15 is 0 Å². The van der Waals surface area contributed by atoms with E-state index in [-0.39, 0.29) is 23.3 Å². The van der Waals surface area contributed by atoms with E-state index in [4.69, 9.17) is 21.1 Å². The number of ether oxygens (including phenoxy) is 2. The van der Waals surface area contributed by atoms with Gasteiger partial charge in [-0.3, -0.25) is 4.79 Å². The number of pyridine rings is 1. The van der Waals surface area contributed by atoms with Gasteiger partial charge in [-0.15, -0.1) is 0 Å². The van der Waals surface area contributed by atoms with Crippen LogP contribution in [0, 0.1) is 0 Å². The molecule has 0 aliphatic heterocycles. The first kappa shape index (κ1) is 12.9. The number of hydrogen-bond donors (Lipinski definition) is 1. The third kappa shape index (κ3) is 3.77. The summed E-state index contributed by atoms with van der Waals surface area (Å²) in [5.74, 6) is -0.318. The monoisotopic (exact) mass is 244 g/mol. The van der Waals surface area contributed by atoms with Crippen molar-refractivity contribution in [2.24, 2.45) is 0 Å². The highest BCUT2D eigenvalue weighted by Gasteiger charge is 2.10. The second-order valence-electron chi connectivity index (χ2n) is 2.96. The van der Waals surface area contributed by atoms with Gasteiger partial charge in [0.05, 0.1) is 6.54 Å². The molecule has 0 saturated carbocycles. The minimum absolute atomic E-state index is 0.250. The van der Waals surface area contributed by atoms with Gasteiger partial charge in [0.25, 0.3) is 5.91 Å². The molecule has 6 heteroatoms. The Labute approximate surface area is 98.7 Å². The highest BCUT2D eigenvalue weighted by molar-refractivity contribution is 6.29. The zero-order valence-electron chi connectivity index (χ0n) is 9.07. The summed E-state index contributed by atoms with van der Waals surface area (Å²) in [5, 5.41) is 2.90. The summed E-state index contributed by atoms with van der Waals surface area (Å²) in [6.07, 6.45) is -0.469. The molecule has 0 unspecified atom stereocenters. The fraction of sp³-hybridized carbons (Fsp3) is 0.400. The fourth-order valence-corrected chi connectivity index (χ4v) is 1.23. The Balaban J connectivity index is 2.52. The molecule has 1 aromatic heterocycles. The zero-order valence-corrected chi connectivity index (χ0v) is 9.82. The Morgan fingerprint density at radius 1 is 1.50 bits per heavy atom. The number of hydrogen-bond acceptors (Lipinski definition) is 4. The second-order valence-corrected chi connectivity index (χ2v) is 3.34. The van der Waals surface area contributed by atoms with E-state index in [2.05, 4.69) is 10.3 Å². The predicted molar refractivity (Wildman–Crippen MR) is 59.4 cm³/mol. The van der Waals surface area contributed by atoms with Gasteiger partial charge in [0, 0.05) is 14.2 Å². The van der Waals surface area contributed by atoms with Crippen LogP contribution in [0.25, 0.3) is 0 Å². The first-order chi connectivity index (χ1) is 7.67. The first-order valence-electron chi connectivity index (χ1n) is 4.63. The van der Waals surface area contributed by atoms with E-state index < -0.39 is 6.29 Å². The van der Waals surface area contributed by atoms with Crippen LogP contribution in [0.5, 0.6) is 0 Å². The molecule has 0 aliphatic rings. The molecule has 0 fully saturated rings. The number of amides is 1. The number of nitrogens with one attached hydrogen (secondary N) is 1. The van der Waals surface area contributed by atoms with Crippen molar-refractivity contribution < 1.29 is 14.3 Å². The van der Waals surface area contributed by atoms with Crippen molar-refractivity contribution in [1.82, 2.24) is 10.3 Å². The Hall–Kier alpha value is -1.17. The highest BCUT2D eigenvalue weighted by atomic mass is 35.5. The van der Waals surface area contributed by atoms with Crippen LogP contribution in [0.1, 0.15) is 10.5 Å². The number of halogens is 1. The van der Waals surface area contributed by atoms with Crippen molar-refractivity contribution in [3.63, 3.8) is 0 Å². The maximum absolute atomic E-state index is 11.6. The van der Waals surface area contributed by atoms with Gasteiger partial charge >= 0.3 is 0 Å². The van der Waals surface area contributed by atoms with Crippen molar-refractivity contribution in [3.05, 3.63) is 29.0 Å². The molecule has 16 heavy (non-hydrogen) atoms. The number of aromatic nitrogens is 1. The van der Waals surface area contributed by atoms with Crippen LogP contribution in [0.15, 0.2) is 18.2 Å². The lowest BCUT2D eigenvalue weighted by Crippen LogP contribution is -2.34. The number of methoxy groups -OCH3 is 2. The maximum atomic E-state index is 11.6. The smallest absolute Gasteiger partial charge is 0.270 e. The van der Waals surface area contributed by atoms with Gasteiger partial charge in [-0.25, -0.2) is 4.98 Å². The van der Waals surface area contributed by atoms with Crippen LogP contribution in [-0.4, -0.2) is 37.9 Å². The zero-order chi connectivity index (χ0) is 12.0. The largest absolute Gasteiger partial charge is 0.354 e. The molecular weight excluding hydrogens is 232 g/mol. The van der Waals surface area contributed by atoms with Gasteiger partial charge in [0.15, 0.2) is 6.29 Å². The van der Waals surface area contributed by atoms with E-state index in [1.165, 1.54) is 14.2 Å². The van der Waals surface area contributed by atoms with E-state index in [1.807, 2.05) is 0 Å². The first-order valence-corrected chi connectivity index (χ1v) is 5.01. The Bertz CT molecular complexity index is 356. The molecule has 0 radical (unpaired) electrons. The van der Waals surface area contributed by atoms with Gasteiger partial charge in [-0.1, -0.05) is 17.7 Å². The summed E-state index contributed by atoms with van der Waals surface area (Å²) in [7, 11) is 3.00. The average molecular weight is 245 g/mol. The summed E-state index contributed by atoms with van der Waals surface area (Å²) in [6.45, 7) is 0.250. The number of nitrogens with zero attached hydrogens (tertiary/aromatic N) is 1. The van der Waals surface area contributed by atoms with Crippen LogP contribution in [0.4, 0.5) is 0 Å². The quantitative estimate of drug-likeness (QED) is 0.622. The van der Waals surface area contributed by atoms with E-state index in [0.29, 0.717) is 0 Å². The minimum atomic E-state index is -0.469. The molecule has 88 valence electrons. The standard InChI is InChI=1S/C10H13ClN2O3/c1-15-9(16-2)6-12-10(14)7-4-3-5-8(11)13-7/h3-5,9H,6H2,1-2H3,(H,12,14). The van der Waals surface area contributed by atoms with Crippen molar-refractivity contribution in [1.29, 1.82) is 0 Å². The number of carbonyl (C=O) groups excluding carboxylic acids is 1. The fourth-order valence-electron chi connectivity index (χ4n) is 1.06. The van der Waals surface area contributed by atoms with Crippen LogP contribution in [-0.2, 0) is 9.47 Å². The molecule has 1 rings (SSSR count). The van der Waals surface area contributed by atoms with Crippen LogP contribution in [0.3, 0.4) is 0 Å². The molecule has 0 saturated heterocycles. The van der Waals surface area contributed by atoms with Crippen LogP contribution in [0.2, 0.25) is 5.15 Å². The summed E-state index contributed by atoms with van der Waals surface area (Å²) >= 11 is 5.67. The Morgan fingerprint density at radius 2 is 2.19 bits per heavy atom. The molecule has 1 amide bonds. The molecule has 0 spiro atoms. The summed E-state index contributed by atoms with van der Waals surface area (Å²) in [4.78, 5) is 15.5. The van der Waals surface area contributed by atoms with Gasteiger partial charge in [-0.05, 0) is 12.1 Å². The van der Waals surface area contributed by atoms with Crippen molar-refractivity contribution in [3.8, 4) is 0 Å². The van der Waals surface area contributed by atoms with Crippen LogP contribution >= 0.6 is 11.6 Å². The lowest BCUT2D eigenvalue weighted by Gasteiger charge is -2.13. The van der Waals surface area contributed by atoms with Crippen LogP contribution < -0.4 is 5.32 Å².